The van der Waals surface area contributed by atoms with E-state index in [0.717, 1.165) is 22.3 Å². The van der Waals surface area contributed by atoms with Gasteiger partial charge in [0.1, 0.15) is 12.1 Å². The van der Waals surface area contributed by atoms with Crippen LogP contribution in [-0.4, -0.2) is 66.4 Å². The van der Waals surface area contributed by atoms with Crippen molar-refractivity contribution in [1.82, 2.24) is 10.2 Å². The average Bonchev–Trinajstić information content (AvgIpc) is 3.36. The van der Waals surface area contributed by atoms with Crippen molar-refractivity contribution < 1.29 is 29.0 Å². The molecule has 8 heteroatoms. The van der Waals surface area contributed by atoms with Crippen LogP contribution in [0.1, 0.15) is 37.3 Å². The highest BCUT2D eigenvalue weighted by atomic mass is 16.5. The molecule has 2 aromatic carbocycles. The fourth-order valence-corrected chi connectivity index (χ4v) is 4.96. The number of carboxylic acids is 1. The zero-order valence-corrected chi connectivity index (χ0v) is 19.6. The third-order valence-corrected chi connectivity index (χ3v) is 6.99. The molecule has 0 bridgehead atoms. The number of methoxy groups -OCH3 is 1. The van der Waals surface area contributed by atoms with Crippen LogP contribution < -0.4 is 5.32 Å². The molecule has 4 rings (SSSR count). The number of carboxylic acid groups (broad SMARTS) is 1. The average molecular weight is 467 g/mol. The molecule has 3 unspecified atom stereocenters. The fourth-order valence-electron chi connectivity index (χ4n) is 4.96. The molecular weight excluding hydrogens is 436 g/mol. The molecule has 2 aliphatic rings. The molecule has 0 radical (unpaired) electrons. The number of aliphatic carboxylic acids is 1. The number of carbonyl (C=O) groups is 3. The molecule has 1 saturated heterocycles. The summed E-state index contributed by atoms with van der Waals surface area (Å²) in [5, 5.41) is 12.3. The number of ether oxygens (including phenoxy) is 2. The van der Waals surface area contributed by atoms with Gasteiger partial charge in [0.05, 0.1) is 12.0 Å². The Morgan fingerprint density at radius 1 is 1.12 bits per heavy atom. The third kappa shape index (κ3) is 4.25. The smallest absolute Gasteiger partial charge is 0.407 e. The molecule has 1 heterocycles. The number of benzene rings is 2. The maximum atomic E-state index is 13.0. The predicted molar refractivity (Wildman–Crippen MR) is 125 cm³/mol. The number of rotatable bonds is 7. The first-order valence-electron chi connectivity index (χ1n) is 11.4. The number of amides is 2. The van der Waals surface area contributed by atoms with Crippen LogP contribution in [0.2, 0.25) is 0 Å². The Bertz CT molecular complexity index is 1060. The topological polar surface area (TPSA) is 105 Å². The summed E-state index contributed by atoms with van der Waals surface area (Å²) in [6.07, 6.45) is -0.733. The first-order chi connectivity index (χ1) is 16.3. The number of hydrogen-bond acceptors (Lipinski definition) is 5. The van der Waals surface area contributed by atoms with Gasteiger partial charge in [0.2, 0.25) is 5.91 Å². The molecule has 180 valence electrons. The number of nitrogens with one attached hydrogen (secondary N) is 1. The van der Waals surface area contributed by atoms with Crippen LogP contribution in [0.15, 0.2) is 48.5 Å². The molecule has 0 spiro atoms. The minimum Gasteiger partial charge on any atom is -0.480 e. The van der Waals surface area contributed by atoms with E-state index in [0.29, 0.717) is 0 Å². The molecule has 3 atom stereocenters. The number of likely N-dealkylation sites (tertiary alicyclic amines) is 1. The summed E-state index contributed by atoms with van der Waals surface area (Å²) < 4.78 is 10.8. The summed E-state index contributed by atoms with van der Waals surface area (Å²) >= 11 is 0. The Morgan fingerprint density at radius 3 is 2.26 bits per heavy atom. The Hall–Kier alpha value is -3.39. The number of hydrogen-bond donors (Lipinski definition) is 2. The number of nitrogens with zero attached hydrogens (tertiary/aromatic N) is 1. The molecule has 0 aromatic heterocycles. The van der Waals surface area contributed by atoms with Crippen LogP contribution >= 0.6 is 0 Å². The molecular formula is C26H30N2O6. The lowest BCUT2D eigenvalue weighted by Crippen LogP contribution is -2.53. The zero-order valence-electron chi connectivity index (χ0n) is 19.6. The van der Waals surface area contributed by atoms with E-state index in [1.54, 1.807) is 6.92 Å². The van der Waals surface area contributed by atoms with Crippen molar-refractivity contribution in [2.24, 2.45) is 5.92 Å². The van der Waals surface area contributed by atoms with Crippen LogP contribution in [-0.2, 0) is 19.1 Å². The lowest BCUT2D eigenvalue weighted by Gasteiger charge is -2.32. The van der Waals surface area contributed by atoms with Gasteiger partial charge in [-0.15, -0.1) is 0 Å². The molecule has 8 nitrogen and oxygen atoms in total. The Balaban J connectivity index is 1.34. The van der Waals surface area contributed by atoms with E-state index < -0.39 is 23.5 Å². The Morgan fingerprint density at radius 2 is 1.71 bits per heavy atom. The molecule has 2 N–H and O–H groups in total. The van der Waals surface area contributed by atoms with Crippen molar-refractivity contribution in [3.8, 4) is 11.1 Å². The maximum Gasteiger partial charge on any atom is 0.407 e. The number of fused-ring (bicyclic) bond motifs is 3. The second kappa shape index (κ2) is 9.46. The standard InChI is InChI=1S/C26H30N2O6/c1-16(23(29)28-14-17(33-3)12-26(28,2)24(30)31)13-27-25(32)34-15-22-20-10-6-4-8-18(20)19-9-5-7-11-21(19)22/h4-11,16-17,22H,12-15H2,1-3H3,(H,27,32)(H,30,31). The summed E-state index contributed by atoms with van der Waals surface area (Å²) in [6.45, 7) is 3.61. The van der Waals surface area contributed by atoms with Crippen molar-refractivity contribution in [3.63, 3.8) is 0 Å². The zero-order chi connectivity index (χ0) is 24.5. The summed E-state index contributed by atoms with van der Waals surface area (Å²) in [4.78, 5) is 38.6. The lowest BCUT2D eigenvalue weighted by molar-refractivity contribution is -0.156. The largest absolute Gasteiger partial charge is 0.480 e. The first-order valence-corrected chi connectivity index (χ1v) is 11.4. The Kier molecular flexibility index (Phi) is 6.61. The molecule has 2 aromatic rings. The fraction of sp³-hybridized carbons (Fsp3) is 0.423. The van der Waals surface area contributed by atoms with Gasteiger partial charge >= 0.3 is 12.1 Å². The molecule has 1 aliphatic carbocycles. The van der Waals surface area contributed by atoms with Crippen LogP contribution in [0.5, 0.6) is 0 Å². The van der Waals surface area contributed by atoms with E-state index in [1.165, 1.54) is 18.9 Å². The van der Waals surface area contributed by atoms with Crippen LogP contribution in [0.3, 0.4) is 0 Å². The minimum atomic E-state index is -1.34. The summed E-state index contributed by atoms with van der Waals surface area (Å²) in [5.41, 5.74) is 3.19. The van der Waals surface area contributed by atoms with Gasteiger partial charge in [-0.25, -0.2) is 9.59 Å². The van der Waals surface area contributed by atoms with Crippen molar-refractivity contribution >= 4 is 18.0 Å². The van der Waals surface area contributed by atoms with Crippen LogP contribution in [0, 0.1) is 5.92 Å². The summed E-state index contributed by atoms with van der Waals surface area (Å²) in [6, 6.07) is 16.2. The highest BCUT2D eigenvalue weighted by Crippen LogP contribution is 2.44. The van der Waals surface area contributed by atoms with E-state index in [1.807, 2.05) is 36.4 Å². The van der Waals surface area contributed by atoms with Crippen molar-refractivity contribution in [2.75, 3.05) is 26.8 Å². The quantitative estimate of drug-likeness (QED) is 0.649. The van der Waals surface area contributed by atoms with Gasteiger partial charge in [0, 0.05) is 32.5 Å². The van der Waals surface area contributed by atoms with E-state index >= 15 is 0 Å². The number of carbonyl (C=O) groups excluding carboxylic acids is 2. The summed E-state index contributed by atoms with van der Waals surface area (Å²) in [7, 11) is 1.50. The van der Waals surface area contributed by atoms with E-state index in [4.69, 9.17) is 9.47 Å². The molecule has 2 amide bonds. The summed E-state index contributed by atoms with van der Waals surface area (Å²) in [5.74, 6) is -2.08. The van der Waals surface area contributed by atoms with Crippen molar-refractivity contribution in [3.05, 3.63) is 59.7 Å². The third-order valence-electron chi connectivity index (χ3n) is 6.99. The van der Waals surface area contributed by atoms with E-state index in [-0.39, 0.29) is 44.0 Å². The predicted octanol–water partition coefficient (Wildman–Crippen LogP) is 3.25. The van der Waals surface area contributed by atoms with Crippen LogP contribution in [0.25, 0.3) is 11.1 Å². The SMILES string of the molecule is COC1CN(C(=O)C(C)CNC(=O)OCC2c3ccccc3-c3ccccc32)C(C)(C(=O)O)C1. The lowest BCUT2D eigenvalue weighted by atomic mass is 9.97. The second-order valence-electron chi connectivity index (χ2n) is 9.20. The minimum absolute atomic E-state index is 0.0410. The highest BCUT2D eigenvalue weighted by molar-refractivity contribution is 5.89. The molecule has 1 aliphatic heterocycles. The monoisotopic (exact) mass is 466 g/mol. The first kappa shape index (κ1) is 23.8. The van der Waals surface area contributed by atoms with Crippen molar-refractivity contribution in [2.45, 2.75) is 37.8 Å². The van der Waals surface area contributed by atoms with Gasteiger partial charge in [-0.3, -0.25) is 4.79 Å². The normalized spacial score (nSPS) is 22.1. The van der Waals surface area contributed by atoms with Crippen LogP contribution in [0.4, 0.5) is 4.79 Å². The number of alkyl carbamates (subject to hydrolysis) is 1. The van der Waals surface area contributed by atoms with Crippen molar-refractivity contribution in [1.29, 1.82) is 0 Å². The van der Waals surface area contributed by atoms with Gasteiger partial charge in [-0.05, 0) is 29.2 Å². The second-order valence-corrected chi connectivity index (χ2v) is 9.20. The van der Waals surface area contributed by atoms with Gasteiger partial charge in [-0.1, -0.05) is 55.5 Å². The van der Waals surface area contributed by atoms with Gasteiger partial charge in [0.15, 0.2) is 0 Å². The van der Waals surface area contributed by atoms with E-state index in [2.05, 4.69) is 17.4 Å². The van der Waals surface area contributed by atoms with E-state index in [9.17, 15) is 19.5 Å². The molecule has 1 fully saturated rings. The van der Waals surface area contributed by atoms with Gasteiger partial charge < -0.3 is 24.8 Å². The molecule has 34 heavy (non-hydrogen) atoms. The van der Waals surface area contributed by atoms with Gasteiger partial charge in [0.25, 0.3) is 0 Å². The molecule has 0 saturated carbocycles. The van der Waals surface area contributed by atoms with Gasteiger partial charge in [-0.2, -0.15) is 0 Å². The Labute approximate surface area is 198 Å². The highest BCUT2D eigenvalue weighted by Gasteiger charge is 2.51. The maximum absolute atomic E-state index is 13.0.